The molecule has 0 saturated heterocycles. The number of nitrogen functional groups attached to an aromatic ring is 1. The van der Waals surface area contributed by atoms with Crippen molar-refractivity contribution in [1.82, 2.24) is 5.32 Å². The summed E-state index contributed by atoms with van der Waals surface area (Å²) in [7, 11) is 0. The van der Waals surface area contributed by atoms with E-state index in [9.17, 15) is 9.90 Å². The van der Waals surface area contributed by atoms with E-state index in [1.807, 2.05) is 31.2 Å². The van der Waals surface area contributed by atoms with Gasteiger partial charge in [-0.3, -0.25) is 4.79 Å². The van der Waals surface area contributed by atoms with Crippen LogP contribution in [0.2, 0.25) is 0 Å². The van der Waals surface area contributed by atoms with Gasteiger partial charge in [0.05, 0.1) is 5.92 Å². The zero-order valence-corrected chi connectivity index (χ0v) is 12.0. The van der Waals surface area contributed by atoms with E-state index >= 15 is 0 Å². The van der Waals surface area contributed by atoms with Gasteiger partial charge in [-0.25, -0.2) is 0 Å². The Labute approximate surface area is 120 Å². The van der Waals surface area contributed by atoms with Crippen LogP contribution >= 0.6 is 0 Å². The summed E-state index contributed by atoms with van der Waals surface area (Å²) in [6, 6.07) is 7.45. The van der Waals surface area contributed by atoms with Gasteiger partial charge >= 0.3 is 0 Å². The lowest BCUT2D eigenvalue weighted by Gasteiger charge is -2.19. The molecule has 4 nitrogen and oxygen atoms in total. The SMILES string of the molecule is CC(C(=O)NCC1CCCC1CO)c1cccc(N)c1. The molecule has 1 fully saturated rings. The molecule has 20 heavy (non-hydrogen) atoms. The van der Waals surface area contributed by atoms with E-state index in [-0.39, 0.29) is 18.4 Å². The van der Waals surface area contributed by atoms with Gasteiger partial charge in [-0.15, -0.1) is 0 Å². The predicted molar refractivity (Wildman–Crippen MR) is 80.2 cm³/mol. The molecule has 0 radical (unpaired) electrons. The quantitative estimate of drug-likeness (QED) is 0.719. The highest BCUT2D eigenvalue weighted by atomic mass is 16.3. The number of nitrogens with one attached hydrogen (secondary N) is 1. The van der Waals surface area contributed by atoms with Gasteiger partial charge in [0.1, 0.15) is 0 Å². The number of carbonyl (C=O) groups excluding carboxylic acids is 1. The molecule has 1 aromatic rings. The van der Waals surface area contributed by atoms with E-state index < -0.39 is 0 Å². The molecular formula is C16H24N2O2. The average molecular weight is 276 g/mol. The number of amides is 1. The summed E-state index contributed by atoms with van der Waals surface area (Å²) in [6.45, 7) is 2.78. The van der Waals surface area contributed by atoms with Crippen LogP contribution < -0.4 is 11.1 Å². The molecule has 1 saturated carbocycles. The fraction of sp³-hybridized carbons (Fsp3) is 0.562. The topological polar surface area (TPSA) is 75.3 Å². The van der Waals surface area contributed by atoms with Crippen molar-refractivity contribution in [2.45, 2.75) is 32.1 Å². The van der Waals surface area contributed by atoms with Crippen LogP contribution in [0.15, 0.2) is 24.3 Å². The molecule has 0 aliphatic heterocycles. The van der Waals surface area contributed by atoms with Crippen LogP contribution in [0, 0.1) is 11.8 Å². The van der Waals surface area contributed by atoms with Gasteiger partial charge in [0.2, 0.25) is 5.91 Å². The first-order chi connectivity index (χ1) is 9.61. The first-order valence-corrected chi connectivity index (χ1v) is 7.35. The van der Waals surface area contributed by atoms with Gasteiger partial charge in [0.25, 0.3) is 0 Å². The van der Waals surface area contributed by atoms with Crippen molar-refractivity contribution in [3.63, 3.8) is 0 Å². The number of aliphatic hydroxyl groups is 1. The maximum Gasteiger partial charge on any atom is 0.227 e. The summed E-state index contributed by atoms with van der Waals surface area (Å²) in [4.78, 5) is 12.2. The molecule has 110 valence electrons. The highest BCUT2D eigenvalue weighted by Gasteiger charge is 2.27. The van der Waals surface area contributed by atoms with Crippen molar-refractivity contribution in [3.8, 4) is 0 Å². The van der Waals surface area contributed by atoms with Crippen molar-refractivity contribution >= 4 is 11.6 Å². The van der Waals surface area contributed by atoms with E-state index in [2.05, 4.69) is 5.32 Å². The van der Waals surface area contributed by atoms with E-state index in [0.717, 1.165) is 24.8 Å². The third kappa shape index (κ3) is 3.51. The first-order valence-electron chi connectivity index (χ1n) is 7.35. The number of anilines is 1. The van der Waals surface area contributed by atoms with Crippen LogP contribution in [-0.4, -0.2) is 24.2 Å². The molecule has 3 unspecified atom stereocenters. The second-order valence-corrected chi connectivity index (χ2v) is 5.77. The lowest BCUT2D eigenvalue weighted by atomic mass is 9.96. The van der Waals surface area contributed by atoms with E-state index in [1.165, 1.54) is 0 Å². The molecule has 4 N–H and O–H groups in total. The number of carbonyl (C=O) groups is 1. The number of hydrogen-bond acceptors (Lipinski definition) is 3. The summed E-state index contributed by atoms with van der Waals surface area (Å²) >= 11 is 0. The molecule has 1 aromatic carbocycles. The van der Waals surface area contributed by atoms with Crippen molar-refractivity contribution in [2.75, 3.05) is 18.9 Å². The van der Waals surface area contributed by atoms with Crippen LogP contribution in [0.5, 0.6) is 0 Å². The standard InChI is InChI=1S/C16H24N2O2/c1-11(12-4-3-7-15(17)8-12)16(20)18-9-13-5-2-6-14(13)10-19/h3-4,7-8,11,13-14,19H,2,5-6,9-10,17H2,1H3,(H,18,20). The highest BCUT2D eigenvalue weighted by molar-refractivity contribution is 5.83. The zero-order valence-electron chi connectivity index (χ0n) is 12.0. The average Bonchev–Trinajstić information content (AvgIpc) is 2.91. The van der Waals surface area contributed by atoms with E-state index in [4.69, 9.17) is 5.73 Å². The Morgan fingerprint density at radius 1 is 1.45 bits per heavy atom. The van der Waals surface area contributed by atoms with Gasteiger partial charge in [-0.05, 0) is 49.3 Å². The minimum absolute atomic E-state index is 0.0270. The molecule has 0 aromatic heterocycles. The van der Waals surface area contributed by atoms with Crippen LogP contribution in [0.4, 0.5) is 5.69 Å². The number of aliphatic hydroxyl groups excluding tert-OH is 1. The third-order valence-electron chi connectivity index (χ3n) is 4.39. The van der Waals surface area contributed by atoms with Gasteiger partial charge in [-0.2, -0.15) is 0 Å². The van der Waals surface area contributed by atoms with Crippen molar-refractivity contribution in [2.24, 2.45) is 11.8 Å². The summed E-state index contributed by atoms with van der Waals surface area (Å²) < 4.78 is 0. The smallest absolute Gasteiger partial charge is 0.227 e. The maximum atomic E-state index is 12.2. The molecule has 0 heterocycles. The molecule has 3 atom stereocenters. The Morgan fingerprint density at radius 2 is 2.20 bits per heavy atom. The van der Waals surface area contributed by atoms with Crippen LogP contribution in [-0.2, 0) is 4.79 Å². The summed E-state index contributed by atoms with van der Waals surface area (Å²) in [5.74, 6) is 0.585. The van der Waals surface area contributed by atoms with Gasteiger partial charge in [0.15, 0.2) is 0 Å². The van der Waals surface area contributed by atoms with Crippen molar-refractivity contribution in [1.29, 1.82) is 0 Å². The first kappa shape index (κ1) is 14.9. The van der Waals surface area contributed by atoms with Gasteiger partial charge < -0.3 is 16.2 Å². The van der Waals surface area contributed by atoms with E-state index in [0.29, 0.717) is 24.1 Å². The number of rotatable bonds is 5. The minimum atomic E-state index is -0.201. The molecule has 1 aliphatic rings. The molecule has 1 aliphatic carbocycles. The van der Waals surface area contributed by atoms with E-state index in [1.54, 1.807) is 0 Å². The van der Waals surface area contributed by atoms with Gasteiger partial charge in [-0.1, -0.05) is 18.6 Å². The Kier molecular flexibility index (Phi) is 5.01. The van der Waals surface area contributed by atoms with Crippen LogP contribution in [0.25, 0.3) is 0 Å². The largest absolute Gasteiger partial charge is 0.399 e. The second kappa shape index (κ2) is 6.75. The summed E-state index contributed by atoms with van der Waals surface area (Å²) in [5, 5.41) is 12.3. The van der Waals surface area contributed by atoms with Crippen LogP contribution in [0.3, 0.4) is 0 Å². The van der Waals surface area contributed by atoms with Crippen LogP contribution in [0.1, 0.15) is 37.7 Å². The Bertz CT molecular complexity index is 462. The Hall–Kier alpha value is -1.55. The lowest BCUT2D eigenvalue weighted by Crippen LogP contribution is -2.34. The monoisotopic (exact) mass is 276 g/mol. The number of nitrogens with two attached hydrogens (primary N) is 1. The lowest BCUT2D eigenvalue weighted by molar-refractivity contribution is -0.122. The fourth-order valence-electron chi connectivity index (χ4n) is 2.99. The van der Waals surface area contributed by atoms with Gasteiger partial charge in [0, 0.05) is 18.8 Å². The minimum Gasteiger partial charge on any atom is -0.399 e. The third-order valence-corrected chi connectivity index (χ3v) is 4.39. The molecule has 1 amide bonds. The maximum absolute atomic E-state index is 12.2. The second-order valence-electron chi connectivity index (χ2n) is 5.77. The van der Waals surface area contributed by atoms with Crippen molar-refractivity contribution in [3.05, 3.63) is 29.8 Å². The molecule has 0 bridgehead atoms. The highest BCUT2D eigenvalue weighted by Crippen LogP contribution is 2.30. The molecular weight excluding hydrogens is 252 g/mol. The normalized spacial score (nSPS) is 23.5. The molecule has 0 spiro atoms. The van der Waals surface area contributed by atoms with Crippen molar-refractivity contribution < 1.29 is 9.90 Å². The molecule has 4 heteroatoms. The fourth-order valence-corrected chi connectivity index (χ4v) is 2.99. The zero-order chi connectivity index (χ0) is 14.5. The Balaban J connectivity index is 1.88. The number of benzene rings is 1. The number of hydrogen-bond donors (Lipinski definition) is 3. The summed E-state index contributed by atoms with van der Waals surface area (Å²) in [6.07, 6.45) is 3.32. The molecule has 2 rings (SSSR count). The summed E-state index contributed by atoms with van der Waals surface area (Å²) in [5.41, 5.74) is 7.36. The predicted octanol–water partition coefficient (Wildman–Crippen LogP) is 1.90. The Morgan fingerprint density at radius 3 is 2.90 bits per heavy atom.